The third kappa shape index (κ3) is 2.65. The van der Waals surface area contributed by atoms with Crippen LogP contribution in [0.4, 0.5) is 0 Å². The lowest BCUT2D eigenvalue weighted by Gasteiger charge is -2.15. The molecular weight excluding hydrogens is 214 g/mol. The van der Waals surface area contributed by atoms with E-state index in [1.807, 2.05) is 4.68 Å². The molecule has 0 saturated heterocycles. The van der Waals surface area contributed by atoms with Gasteiger partial charge in [-0.3, -0.25) is 0 Å². The molecule has 0 aliphatic heterocycles. The first-order valence-corrected chi connectivity index (χ1v) is 6.43. The van der Waals surface area contributed by atoms with Gasteiger partial charge in [0.25, 0.3) is 0 Å². The lowest BCUT2D eigenvalue weighted by molar-refractivity contribution is 0.430. The number of hydrogen-bond acceptors (Lipinski definition) is 4. The van der Waals surface area contributed by atoms with Gasteiger partial charge in [-0.05, 0) is 41.6 Å². The second kappa shape index (κ2) is 4.37. The smallest absolute Gasteiger partial charge is 0.168 e. The molecule has 1 saturated carbocycles. The van der Waals surface area contributed by atoms with Gasteiger partial charge in [-0.15, -0.1) is 5.10 Å². The van der Waals surface area contributed by atoms with E-state index >= 15 is 0 Å². The highest BCUT2D eigenvalue weighted by molar-refractivity contribution is 5.04. The maximum atomic E-state index is 4.16. The highest BCUT2D eigenvalue weighted by Gasteiger charge is 2.49. The second-order valence-corrected chi connectivity index (χ2v) is 6.21. The van der Waals surface area contributed by atoms with Crippen LogP contribution < -0.4 is 5.32 Å². The number of hydrogen-bond donors (Lipinski definition) is 1. The third-order valence-corrected chi connectivity index (χ3v) is 3.49. The Bertz CT molecular complexity index is 382. The molecule has 5 nitrogen and oxygen atoms in total. The van der Waals surface area contributed by atoms with Crippen LogP contribution in [0.3, 0.4) is 0 Å². The van der Waals surface area contributed by atoms with E-state index in [2.05, 4.69) is 55.5 Å². The largest absolute Gasteiger partial charge is 0.307 e. The summed E-state index contributed by atoms with van der Waals surface area (Å²) in [5, 5.41) is 15.6. The first kappa shape index (κ1) is 12.5. The van der Waals surface area contributed by atoms with Crippen molar-refractivity contribution in [3.05, 3.63) is 5.82 Å². The van der Waals surface area contributed by atoms with Crippen LogP contribution in [0, 0.1) is 11.3 Å². The van der Waals surface area contributed by atoms with Crippen molar-refractivity contribution < 1.29 is 0 Å². The molecule has 2 unspecified atom stereocenters. The van der Waals surface area contributed by atoms with Gasteiger partial charge in [0.1, 0.15) is 0 Å². The molecule has 17 heavy (non-hydrogen) atoms. The molecular formula is C12H23N5. The normalized spacial score (nSPS) is 24.0. The van der Waals surface area contributed by atoms with E-state index < -0.39 is 0 Å². The van der Waals surface area contributed by atoms with Crippen LogP contribution in [0.1, 0.15) is 58.9 Å². The summed E-state index contributed by atoms with van der Waals surface area (Å²) in [7, 11) is 0. The van der Waals surface area contributed by atoms with E-state index in [4.69, 9.17) is 0 Å². The molecule has 0 radical (unpaired) electrons. The zero-order chi connectivity index (χ0) is 12.6. The summed E-state index contributed by atoms with van der Waals surface area (Å²) in [6, 6.07) is 0.680. The van der Waals surface area contributed by atoms with Crippen molar-refractivity contribution in [3.63, 3.8) is 0 Å². The maximum Gasteiger partial charge on any atom is 0.168 e. The Labute approximate surface area is 103 Å². The molecule has 1 aliphatic carbocycles. The standard InChI is InChI=1S/C12H23N5/c1-8(2)7-13-9(3)11-14-15-16-17(11)10-6-12(10,4)5/h8-10,13H,6-7H2,1-5H3. The third-order valence-electron chi connectivity index (χ3n) is 3.49. The fourth-order valence-electron chi connectivity index (χ4n) is 2.07. The zero-order valence-corrected chi connectivity index (χ0v) is 11.4. The van der Waals surface area contributed by atoms with Gasteiger partial charge < -0.3 is 5.32 Å². The van der Waals surface area contributed by atoms with Gasteiger partial charge >= 0.3 is 0 Å². The Balaban J connectivity index is 2.04. The highest BCUT2D eigenvalue weighted by Crippen LogP contribution is 2.55. The number of aromatic nitrogens is 4. The van der Waals surface area contributed by atoms with E-state index in [9.17, 15) is 0 Å². The monoisotopic (exact) mass is 237 g/mol. The summed E-state index contributed by atoms with van der Waals surface area (Å²) in [6.45, 7) is 12.0. The maximum absolute atomic E-state index is 4.16. The van der Waals surface area contributed by atoms with E-state index in [1.54, 1.807) is 0 Å². The molecule has 0 bridgehead atoms. The predicted molar refractivity (Wildman–Crippen MR) is 66.5 cm³/mol. The van der Waals surface area contributed by atoms with Crippen molar-refractivity contribution in [2.24, 2.45) is 11.3 Å². The van der Waals surface area contributed by atoms with Crippen LogP contribution in [-0.2, 0) is 0 Å². The molecule has 1 N–H and O–H groups in total. The van der Waals surface area contributed by atoms with Crippen molar-refractivity contribution in [1.29, 1.82) is 0 Å². The van der Waals surface area contributed by atoms with Crippen LogP contribution in [0.25, 0.3) is 0 Å². The summed E-state index contributed by atoms with van der Waals surface area (Å²) in [4.78, 5) is 0. The molecule has 1 heterocycles. The lowest BCUT2D eigenvalue weighted by Crippen LogP contribution is -2.26. The first-order chi connectivity index (χ1) is 7.92. The summed E-state index contributed by atoms with van der Waals surface area (Å²) in [6.07, 6.45) is 1.17. The van der Waals surface area contributed by atoms with Crippen molar-refractivity contribution in [3.8, 4) is 0 Å². The van der Waals surface area contributed by atoms with E-state index in [1.165, 1.54) is 6.42 Å². The van der Waals surface area contributed by atoms with Crippen molar-refractivity contribution in [2.75, 3.05) is 6.54 Å². The van der Waals surface area contributed by atoms with Crippen LogP contribution in [0.2, 0.25) is 0 Å². The van der Waals surface area contributed by atoms with Crippen LogP contribution in [0.5, 0.6) is 0 Å². The molecule has 1 aromatic rings. The van der Waals surface area contributed by atoms with Crippen molar-refractivity contribution in [2.45, 2.75) is 53.1 Å². The molecule has 1 fully saturated rings. The quantitative estimate of drug-likeness (QED) is 0.850. The molecule has 1 aromatic heterocycles. The first-order valence-electron chi connectivity index (χ1n) is 6.43. The Kier molecular flexibility index (Phi) is 3.21. The Morgan fingerprint density at radius 1 is 1.41 bits per heavy atom. The second-order valence-electron chi connectivity index (χ2n) is 6.21. The van der Waals surface area contributed by atoms with E-state index in [-0.39, 0.29) is 6.04 Å². The molecule has 0 amide bonds. The number of nitrogens with zero attached hydrogens (tertiary/aromatic N) is 4. The minimum atomic E-state index is 0.212. The van der Waals surface area contributed by atoms with E-state index in [0.717, 1.165) is 12.4 Å². The van der Waals surface area contributed by atoms with Crippen molar-refractivity contribution in [1.82, 2.24) is 25.5 Å². The molecule has 0 aromatic carbocycles. The van der Waals surface area contributed by atoms with Gasteiger partial charge in [-0.1, -0.05) is 27.7 Å². The van der Waals surface area contributed by atoms with Crippen molar-refractivity contribution >= 4 is 0 Å². The van der Waals surface area contributed by atoms with Gasteiger partial charge in [0.05, 0.1) is 12.1 Å². The summed E-state index contributed by atoms with van der Waals surface area (Å²) in [5.41, 5.74) is 0.349. The molecule has 2 rings (SSSR count). The average Bonchev–Trinajstić information content (AvgIpc) is 2.69. The van der Waals surface area contributed by atoms with Gasteiger partial charge in [-0.25, -0.2) is 4.68 Å². The van der Waals surface area contributed by atoms with Crippen LogP contribution in [0.15, 0.2) is 0 Å². The van der Waals surface area contributed by atoms with Crippen LogP contribution in [-0.4, -0.2) is 26.8 Å². The lowest BCUT2D eigenvalue weighted by atomic mass is 10.2. The SMILES string of the molecule is CC(C)CNC(C)c1nnnn1C1CC1(C)C. The topological polar surface area (TPSA) is 55.6 Å². The number of tetrazole rings is 1. The molecule has 0 spiro atoms. The minimum Gasteiger partial charge on any atom is -0.307 e. The van der Waals surface area contributed by atoms with Gasteiger partial charge in [0, 0.05) is 0 Å². The minimum absolute atomic E-state index is 0.212. The molecule has 2 atom stereocenters. The molecule has 1 aliphatic rings. The fourth-order valence-corrected chi connectivity index (χ4v) is 2.07. The van der Waals surface area contributed by atoms with Gasteiger partial charge in [0.2, 0.25) is 0 Å². The van der Waals surface area contributed by atoms with E-state index in [0.29, 0.717) is 17.4 Å². The Morgan fingerprint density at radius 2 is 2.06 bits per heavy atom. The fraction of sp³-hybridized carbons (Fsp3) is 0.917. The molecule has 5 heteroatoms. The summed E-state index contributed by atoms with van der Waals surface area (Å²) >= 11 is 0. The summed E-state index contributed by atoms with van der Waals surface area (Å²) < 4.78 is 2.00. The predicted octanol–water partition coefficient (Wildman–Crippen LogP) is 1.95. The molecule has 96 valence electrons. The Hall–Kier alpha value is -0.970. The number of nitrogens with one attached hydrogen (secondary N) is 1. The Morgan fingerprint density at radius 3 is 2.59 bits per heavy atom. The van der Waals surface area contributed by atoms with Crippen LogP contribution >= 0.6 is 0 Å². The van der Waals surface area contributed by atoms with Gasteiger partial charge in [-0.2, -0.15) is 0 Å². The number of rotatable bonds is 5. The van der Waals surface area contributed by atoms with Gasteiger partial charge in [0.15, 0.2) is 5.82 Å². The average molecular weight is 237 g/mol. The summed E-state index contributed by atoms with van der Waals surface area (Å²) in [5.74, 6) is 1.60. The zero-order valence-electron chi connectivity index (χ0n) is 11.4. The highest BCUT2D eigenvalue weighted by atomic mass is 15.6.